The van der Waals surface area contributed by atoms with E-state index in [4.69, 9.17) is 10.8 Å². The predicted molar refractivity (Wildman–Crippen MR) is 56.6 cm³/mol. The molecule has 1 heterocycles. The molecule has 16 heavy (non-hydrogen) atoms. The molecular weight excluding hydrogens is 232 g/mol. The van der Waals surface area contributed by atoms with Gasteiger partial charge in [0.1, 0.15) is 6.42 Å². The third-order valence-corrected chi connectivity index (χ3v) is 2.65. The zero-order chi connectivity index (χ0) is 12.1. The van der Waals surface area contributed by atoms with Gasteiger partial charge in [-0.05, 0) is 11.4 Å². The number of primary amides is 1. The first kappa shape index (κ1) is 12.2. The Hall–Kier alpha value is -1.89. The Bertz CT molecular complexity index is 402. The average molecular weight is 242 g/mol. The predicted octanol–water partition coefficient (Wildman–Crippen LogP) is -0.135. The normalized spacial score (nSPS) is 11.8. The Morgan fingerprint density at radius 1 is 1.50 bits per heavy atom. The molecule has 0 aliphatic heterocycles. The van der Waals surface area contributed by atoms with Crippen molar-refractivity contribution in [3.63, 3.8) is 0 Å². The molecule has 0 aliphatic carbocycles. The molecule has 2 amide bonds. The monoisotopic (exact) mass is 242 g/mol. The highest BCUT2D eigenvalue weighted by atomic mass is 32.1. The Kier molecular flexibility index (Phi) is 4.01. The second-order valence-corrected chi connectivity index (χ2v) is 3.98. The van der Waals surface area contributed by atoms with Crippen LogP contribution in [0.5, 0.6) is 0 Å². The highest BCUT2D eigenvalue weighted by Gasteiger charge is 2.23. The van der Waals surface area contributed by atoms with Crippen LogP contribution >= 0.6 is 11.3 Å². The van der Waals surface area contributed by atoms with Crippen LogP contribution in [0.25, 0.3) is 0 Å². The Labute approximate surface area is 95.1 Å². The van der Waals surface area contributed by atoms with Crippen LogP contribution in [0.2, 0.25) is 0 Å². The second kappa shape index (κ2) is 5.26. The highest BCUT2D eigenvalue weighted by molar-refractivity contribution is 7.10. The van der Waals surface area contributed by atoms with Gasteiger partial charge in [0.25, 0.3) is 0 Å². The van der Waals surface area contributed by atoms with Gasteiger partial charge in [-0.25, -0.2) is 4.79 Å². The standard InChI is InChI=1S/C9H10N2O4S/c10-6(12)4-7(13)11-8(9(14)15)5-2-1-3-16-5/h1-3,8H,4H2,(H2,10,12)(H,11,13)(H,14,15). The van der Waals surface area contributed by atoms with Crippen molar-refractivity contribution in [3.05, 3.63) is 22.4 Å². The summed E-state index contributed by atoms with van der Waals surface area (Å²) in [5.41, 5.74) is 4.82. The van der Waals surface area contributed by atoms with Crippen LogP contribution in [-0.2, 0) is 14.4 Å². The third-order valence-electron chi connectivity index (χ3n) is 1.71. The van der Waals surface area contributed by atoms with Gasteiger partial charge in [0, 0.05) is 4.88 Å². The number of carbonyl (C=O) groups is 3. The maximum absolute atomic E-state index is 11.2. The van der Waals surface area contributed by atoms with Crippen molar-refractivity contribution < 1.29 is 19.5 Å². The average Bonchev–Trinajstić information content (AvgIpc) is 2.64. The lowest BCUT2D eigenvalue weighted by molar-refractivity contribution is -0.142. The molecule has 0 saturated heterocycles. The zero-order valence-corrected chi connectivity index (χ0v) is 8.99. The first-order valence-electron chi connectivity index (χ1n) is 4.34. The quantitative estimate of drug-likeness (QED) is 0.624. The molecule has 1 aromatic rings. The molecule has 1 atom stereocenters. The summed E-state index contributed by atoms with van der Waals surface area (Å²) in [5.74, 6) is -2.68. The summed E-state index contributed by atoms with van der Waals surface area (Å²) in [6, 6.07) is 2.14. The topological polar surface area (TPSA) is 109 Å². The van der Waals surface area contributed by atoms with Gasteiger partial charge in [-0.3, -0.25) is 9.59 Å². The maximum Gasteiger partial charge on any atom is 0.331 e. The smallest absolute Gasteiger partial charge is 0.331 e. The first-order chi connectivity index (χ1) is 7.50. The number of hydrogen-bond acceptors (Lipinski definition) is 4. The van der Waals surface area contributed by atoms with E-state index in [1.54, 1.807) is 17.5 Å². The molecule has 0 radical (unpaired) electrons. The molecule has 4 N–H and O–H groups in total. The lowest BCUT2D eigenvalue weighted by atomic mass is 10.2. The minimum atomic E-state index is -1.18. The number of amides is 2. The van der Waals surface area contributed by atoms with Gasteiger partial charge in [-0.15, -0.1) is 11.3 Å². The van der Waals surface area contributed by atoms with Crippen molar-refractivity contribution in [2.75, 3.05) is 0 Å². The van der Waals surface area contributed by atoms with Gasteiger partial charge in [0.05, 0.1) is 0 Å². The Morgan fingerprint density at radius 2 is 2.19 bits per heavy atom. The molecule has 6 nitrogen and oxygen atoms in total. The summed E-state index contributed by atoms with van der Waals surface area (Å²) in [4.78, 5) is 33.0. The van der Waals surface area contributed by atoms with Gasteiger partial charge in [-0.2, -0.15) is 0 Å². The number of rotatable bonds is 5. The number of hydrogen-bond donors (Lipinski definition) is 3. The summed E-state index contributed by atoms with van der Waals surface area (Å²) in [6.45, 7) is 0. The Morgan fingerprint density at radius 3 is 2.62 bits per heavy atom. The summed E-state index contributed by atoms with van der Waals surface area (Å²) in [7, 11) is 0. The van der Waals surface area contributed by atoms with E-state index >= 15 is 0 Å². The summed E-state index contributed by atoms with van der Waals surface area (Å²) < 4.78 is 0. The molecule has 1 aromatic heterocycles. The molecule has 0 fully saturated rings. The maximum atomic E-state index is 11.2. The van der Waals surface area contributed by atoms with E-state index in [0.717, 1.165) is 0 Å². The third kappa shape index (κ3) is 3.35. The molecule has 1 rings (SSSR count). The number of thiophene rings is 1. The van der Waals surface area contributed by atoms with E-state index < -0.39 is 30.2 Å². The van der Waals surface area contributed by atoms with E-state index in [-0.39, 0.29) is 0 Å². The number of carboxylic acid groups (broad SMARTS) is 1. The largest absolute Gasteiger partial charge is 0.479 e. The van der Waals surface area contributed by atoms with Crippen LogP contribution in [0.4, 0.5) is 0 Å². The number of nitrogens with two attached hydrogens (primary N) is 1. The minimum Gasteiger partial charge on any atom is -0.479 e. The molecule has 0 aliphatic rings. The summed E-state index contributed by atoms with van der Waals surface area (Å²) >= 11 is 1.21. The van der Waals surface area contributed by atoms with E-state index in [9.17, 15) is 14.4 Å². The van der Waals surface area contributed by atoms with E-state index in [0.29, 0.717) is 4.88 Å². The summed E-state index contributed by atoms with van der Waals surface area (Å²) in [5, 5.41) is 12.8. The molecule has 7 heteroatoms. The van der Waals surface area contributed by atoms with E-state index in [2.05, 4.69) is 5.32 Å². The molecular formula is C9H10N2O4S. The van der Waals surface area contributed by atoms with E-state index in [1.165, 1.54) is 11.3 Å². The van der Waals surface area contributed by atoms with E-state index in [1.807, 2.05) is 0 Å². The molecule has 0 aromatic carbocycles. The Balaban J connectivity index is 2.70. The second-order valence-electron chi connectivity index (χ2n) is 3.00. The lowest BCUT2D eigenvalue weighted by Crippen LogP contribution is -2.35. The van der Waals surface area contributed by atoms with Crippen LogP contribution in [0, 0.1) is 0 Å². The molecule has 1 unspecified atom stereocenters. The van der Waals surface area contributed by atoms with Crippen molar-refractivity contribution in [2.45, 2.75) is 12.5 Å². The SMILES string of the molecule is NC(=O)CC(=O)NC(C(=O)O)c1cccs1. The van der Waals surface area contributed by atoms with Crippen molar-refractivity contribution in [2.24, 2.45) is 5.73 Å². The van der Waals surface area contributed by atoms with Crippen LogP contribution < -0.4 is 11.1 Å². The minimum absolute atomic E-state index is 0.491. The van der Waals surface area contributed by atoms with Crippen LogP contribution in [-0.4, -0.2) is 22.9 Å². The fourth-order valence-electron chi connectivity index (χ4n) is 1.08. The van der Waals surface area contributed by atoms with Crippen LogP contribution in [0.15, 0.2) is 17.5 Å². The van der Waals surface area contributed by atoms with Crippen molar-refractivity contribution in [3.8, 4) is 0 Å². The van der Waals surface area contributed by atoms with Crippen LogP contribution in [0.3, 0.4) is 0 Å². The first-order valence-corrected chi connectivity index (χ1v) is 5.22. The van der Waals surface area contributed by atoms with Gasteiger partial charge in [0.15, 0.2) is 6.04 Å². The van der Waals surface area contributed by atoms with Gasteiger partial charge in [-0.1, -0.05) is 6.07 Å². The molecule has 86 valence electrons. The fraction of sp³-hybridized carbons (Fsp3) is 0.222. The lowest BCUT2D eigenvalue weighted by Gasteiger charge is -2.11. The van der Waals surface area contributed by atoms with Gasteiger partial charge >= 0.3 is 5.97 Å². The van der Waals surface area contributed by atoms with Crippen LogP contribution in [0.1, 0.15) is 17.3 Å². The number of aliphatic carboxylic acids is 1. The summed E-state index contributed by atoms with van der Waals surface area (Å²) in [6.07, 6.45) is -0.519. The number of carboxylic acids is 1. The number of carbonyl (C=O) groups excluding carboxylic acids is 2. The zero-order valence-electron chi connectivity index (χ0n) is 8.17. The van der Waals surface area contributed by atoms with Crippen molar-refractivity contribution in [1.82, 2.24) is 5.32 Å². The number of nitrogens with one attached hydrogen (secondary N) is 1. The fourth-order valence-corrected chi connectivity index (χ4v) is 1.85. The van der Waals surface area contributed by atoms with Gasteiger partial charge < -0.3 is 16.2 Å². The van der Waals surface area contributed by atoms with Crippen molar-refractivity contribution >= 4 is 29.1 Å². The highest BCUT2D eigenvalue weighted by Crippen LogP contribution is 2.19. The molecule has 0 spiro atoms. The van der Waals surface area contributed by atoms with Gasteiger partial charge in [0.2, 0.25) is 11.8 Å². The molecule has 0 bridgehead atoms. The van der Waals surface area contributed by atoms with Crippen molar-refractivity contribution in [1.29, 1.82) is 0 Å². The molecule has 0 saturated carbocycles.